The molecule has 3 nitrogen and oxygen atoms in total. The molecule has 0 fully saturated rings. The minimum Gasteiger partial charge on any atom is -0.390 e. The van der Waals surface area contributed by atoms with Gasteiger partial charge >= 0.3 is 0 Å². The summed E-state index contributed by atoms with van der Waals surface area (Å²) in [6, 6.07) is 0. The van der Waals surface area contributed by atoms with Crippen LogP contribution in [0.25, 0.3) is 0 Å². The summed E-state index contributed by atoms with van der Waals surface area (Å²) in [4.78, 5) is 0. The first-order valence-electron chi connectivity index (χ1n) is 3.47. The summed E-state index contributed by atoms with van der Waals surface area (Å²) in [6.07, 6.45) is 1.71. The molecule has 0 atom stereocenters. The van der Waals surface area contributed by atoms with Crippen molar-refractivity contribution in [1.29, 1.82) is 0 Å². The molecule has 3 heteroatoms. The molecule has 0 saturated carbocycles. The molecule has 2 N–H and O–H groups in total. The fraction of sp³-hybridized carbons (Fsp3) is 0.857. The lowest BCUT2D eigenvalue weighted by Gasteiger charge is -2.15. The van der Waals surface area contributed by atoms with Crippen molar-refractivity contribution in [2.45, 2.75) is 32.3 Å². The molecule has 0 saturated heterocycles. The van der Waals surface area contributed by atoms with E-state index < -0.39 is 5.60 Å². The molecular weight excluding hydrogens is 128 g/mol. The van der Waals surface area contributed by atoms with Crippen molar-refractivity contribution in [3.63, 3.8) is 0 Å². The Balaban J connectivity index is 3.12. The van der Waals surface area contributed by atoms with Crippen LogP contribution in [0.3, 0.4) is 0 Å². The Morgan fingerprint density at radius 2 is 2.20 bits per heavy atom. The molecule has 0 amide bonds. The molecule has 0 aliphatic carbocycles. The van der Waals surface area contributed by atoms with E-state index in [1.54, 1.807) is 13.8 Å². The normalized spacial score (nSPS) is 11.1. The smallest absolute Gasteiger partial charge is 0.0592 e. The summed E-state index contributed by atoms with van der Waals surface area (Å²) in [5.74, 6) is 0. The molecule has 0 spiro atoms. The van der Waals surface area contributed by atoms with Crippen molar-refractivity contribution in [3.8, 4) is 0 Å². The topological polar surface area (TPSA) is 44.6 Å². The zero-order valence-corrected chi connectivity index (χ0v) is 6.72. The Kier molecular flexibility index (Phi) is 4.03. The monoisotopic (exact) mass is 144 g/mol. The van der Waals surface area contributed by atoms with Gasteiger partial charge in [0.25, 0.3) is 0 Å². The van der Waals surface area contributed by atoms with Gasteiger partial charge in [-0.25, -0.2) is 0 Å². The van der Waals surface area contributed by atoms with Gasteiger partial charge in [-0.15, -0.1) is 0 Å². The van der Waals surface area contributed by atoms with Gasteiger partial charge in [-0.05, 0) is 26.7 Å². The molecule has 0 aromatic heterocycles. The summed E-state index contributed by atoms with van der Waals surface area (Å²) in [7, 11) is 0. The molecule has 0 aliphatic heterocycles. The van der Waals surface area contributed by atoms with E-state index in [9.17, 15) is 5.11 Å². The van der Waals surface area contributed by atoms with Gasteiger partial charge in [0.05, 0.1) is 5.60 Å². The number of nitrogens with zero attached hydrogens (tertiary/aromatic N) is 1. The van der Waals surface area contributed by atoms with Crippen LogP contribution < -0.4 is 5.43 Å². The SMILES string of the molecule is C=NNCCCC(C)(C)O. The fourth-order valence-electron chi connectivity index (χ4n) is 0.679. The highest BCUT2D eigenvalue weighted by Gasteiger charge is 2.10. The maximum Gasteiger partial charge on any atom is 0.0592 e. The predicted molar refractivity (Wildman–Crippen MR) is 43.1 cm³/mol. The zero-order valence-electron chi connectivity index (χ0n) is 6.72. The lowest BCUT2D eigenvalue weighted by molar-refractivity contribution is 0.0689. The number of hydrogen-bond acceptors (Lipinski definition) is 3. The Morgan fingerprint density at radius 3 is 2.60 bits per heavy atom. The van der Waals surface area contributed by atoms with E-state index in [0.29, 0.717) is 0 Å². The van der Waals surface area contributed by atoms with Crippen LogP contribution >= 0.6 is 0 Å². The van der Waals surface area contributed by atoms with E-state index in [0.717, 1.165) is 19.4 Å². The fourth-order valence-corrected chi connectivity index (χ4v) is 0.679. The quantitative estimate of drug-likeness (QED) is 0.339. The summed E-state index contributed by atoms with van der Waals surface area (Å²) in [6.45, 7) is 7.66. The lowest BCUT2D eigenvalue weighted by atomic mass is 10.0. The predicted octanol–water partition coefficient (Wildman–Crippen LogP) is 0.743. The van der Waals surface area contributed by atoms with E-state index in [1.807, 2.05) is 0 Å². The average Bonchev–Trinajstić information content (AvgIpc) is 1.78. The number of hydrogen-bond donors (Lipinski definition) is 2. The van der Waals surface area contributed by atoms with E-state index in [1.165, 1.54) is 0 Å². The largest absolute Gasteiger partial charge is 0.390 e. The highest BCUT2D eigenvalue weighted by Crippen LogP contribution is 2.08. The van der Waals surface area contributed by atoms with Crippen molar-refractivity contribution >= 4 is 6.72 Å². The van der Waals surface area contributed by atoms with Crippen LogP contribution in [-0.2, 0) is 0 Å². The molecule has 0 unspecified atom stereocenters. The molecular formula is C7H16N2O. The minimum absolute atomic E-state index is 0.553. The van der Waals surface area contributed by atoms with Crippen LogP contribution in [0.1, 0.15) is 26.7 Å². The van der Waals surface area contributed by atoms with E-state index in [2.05, 4.69) is 17.2 Å². The van der Waals surface area contributed by atoms with Crippen LogP contribution in [0.15, 0.2) is 5.10 Å². The van der Waals surface area contributed by atoms with E-state index in [-0.39, 0.29) is 0 Å². The maximum atomic E-state index is 9.24. The van der Waals surface area contributed by atoms with Crippen LogP contribution in [-0.4, -0.2) is 24.0 Å². The molecule has 0 aromatic rings. The molecule has 0 radical (unpaired) electrons. The second-order valence-electron chi connectivity index (χ2n) is 2.98. The first-order valence-corrected chi connectivity index (χ1v) is 3.47. The van der Waals surface area contributed by atoms with E-state index >= 15 is 0 Å². The van der Waals surface area contributed by atoms with Gasteiger partial charge in [0.1, 0.15) is 0 Å². The minimum atomic E-state index is -0.553. The van der Waals surface area contributed by atoms with E-state index in [4.69, 9.17) is 0 Å². The molecule has 0 bridgehead atoms. The lowest BCUT2D eigenvalue weighted by Crippen LogP contribution is -2.20. The summed E-state index contributed by atoms with van der Waals surface area (Å²) < 4.78 is 0. The van der Waals surface area contributed by atoms with Crippen molar-refractivity contribution in [2.75, 3.05) is 6.54 Å². The molecule has 10 heavy (non-hydrogen) atoms. The number of nitrogens with one attached hydrogen (secondary N) is 1. The Hall–Kier alpha value is -0.570. The summed E-state index contributed by atoms with van der Waals surface area (Å²) >= 11 is 0. The van der Waals surface area contributed by atoms with Gasteiger partial charge in [-0.1, -0.05) is 0 Å². The van der Waals surface area contributed by atoms with Gasteiger partial charge < -0.3 is 10.5 Å². The van der Waals surface area contributed by atoms with Crippen molar-refractivity contribution < 1.29 is 5.11 Å². The van der Waals surface area contributed by atoms with Crippen molar-refractivity contribution in [2.24, 2.45) is 5.10 Å². The van der Waals surface area contributed by atoms with Gasteiger partial charge in [-0.2, -0.15) is 5.10 Å². The molecule has 0 rings (SSSR count). The standard InChI is InChI=1S/C7H16N2O/c1-7(2,10)5-4-6-9-8-3/h9-10H,3-6H2,1-2H3. The zero-order chi connectivity index (χ0) is 8.04. The van der Waals surface area contributed by atoms with Crippen molar-refractivity contribution in [3.05, 3.63) is 0 Å². The summed E-state index contributed by atoms with van der Waals surface area (Å²) in [5.41, 5.74) is 2.17. The first-order chi connectivity index (χ1) is 4.56. The van der Waals surface area contributed by atoms with Crippen LogP contribution in [0.5, 0.6) is 0 Å². The van der Waals surface area contributed by atoms with Gasteiger partial charge in [-0.3, -0.25) is 0 Å². The first kappa shape index (κ1) is 9.43. The number of aliphatic hydroxyl groups is 1. The second-order valence-corrected chi connectivity index (χ2v) is 2.98. The maximum absolute atomic E-state index is 9.24. The average molecular weight is 144 g/mol. The third-order valence-corrected chi connectivity index (χ3v) is 1.19. The molecule has 0 aliphatic rings. The van der Waals surface area contributed by atoms with Crippen LogP contribution in [0, 0.1) is 0 Å². The van der Waals surface area contributed by atoms with Gasteiger partial charge in [0.15, 0.2) is 0 Å². The van der Waals surface area contributed by atoms with Crippen molar-refractivity contribution in [1.82, 2.24) is 5.43 Å². The second kappa shape index (κ2) is 4.28. The highest BCUT2D eigenvalue weighted by atomic mass is 16.3. The Bertz CT molecular complexity index is 96.3. The Morgan fingerprint density at radius 1 is 1.60 bits per heavy atom. The Labute approximate surface area is 62.1 Å². The number of hydrazone groups is 1. The molecule has 0 aromatic carbocycles. The van der Waals surface area contributed by atoms with Gasteiger partial charge in [0, 0.05) is 13.3 Å². The number of rotatable bonds is 5. The summed E-state index contributed by atoms with van der Waals surface area (Å²) in [5, 5.41) is 12.7. The highest BCUT2D eigenvalue weighted by molar-refractivity contribution is 5.22. The molecule has 0 heterocycles. The van der Waals surface area contributed by atoms with Crippen LogP contribution in [0.4, 0.5) is 0 Å². The third-order valence-electron chi connectivity index (χ3n) is 1.19. The van der Waals surface area contributed by atoms with Gasteiger partial charge in [0.2, 0.25) is 0 Å². The molecule has 60 valence electrons. The third kappa shape index (κ3) is 7.43. The van der Waals surface area contributed by atoms with Crippen LogP contribution in [0.2, 0.25) is 0 Å².